The number of halogens is 1. The van der Waals surface area contributed by atoms with E-state index in [0.29, 0.717) is 0 Å². The van der Waals surface area contributed by atoms with Crippen LogP contribution in [0.3, 0.4) is 0 Å². The van der Waals surface area contributed by atoms with Crippen molar-refractivity contribution in [2.24, 2.45) is 5.73 Å². The second kappa shape index (κ2) is 3.58. The van der Waals surface area contributed by atoms with Gasteiger partial charge >= 0.3 is 0 Å². The summed E-state index contributed by atoms with van der Waals surface area (Å²) in [6.45, 7) is 6.20. The lowest BCUT2D eigenvalue weighted by Crippen LogP contribution is -2.09. The van der Waals surface area contributed by atoms with Crippen molar-refractivity contribution >= 4 is 15.9 Å². The number of hydrogen-bond donors (Lipinski definition) is 1. The van der Waals surface area contributed by atoms with Crippen molar-refractivity contribution in [1.29, 1.82) is 0 Å². The zero-order valence-electron chi connectivity index (χ0n) is 7.69. The van der Waals surface area contributed by atoms with Crippen molar-refractivity contribution in [2.75, 3.05) is 0 Å². The Kier molecular flexibility index (Phi) is 2.91. The fraction of sp³-hybridized carbons (Fsp3) is 0.400. The van der Waals surface area contributed by atoms with Crippen LogP contribution in [0.5, 0.6) is 0 Å². The second-order valence-corrected chi connectivity index (χ2v) is 4.05. The van der Waals surface area contributed by atoms with Gasteiger partial charge in [0.25, 0.3) is 0 Å². The van der Waals surface area contributed by atoms with E-state index in [9.17, 15) is 0 Å². The Balaban J connectivity index is 3.33. The van der Waals surface area contributed by atoms with Crippen LogP contribution in [0.1, 0.15) is 29.7 Å². The maximum atomic E-state index is 5.86. The molecule has 0 spiro atoms. The molecule has 0 aliphatic carbocycles. The van der Waals surface area contributed by atoms with Gasteiger partial charge in [0, 0.05) is 10.5 Å². The lowest BCUT2D eigenvalue weighted by atomic mass is 9.98. The van der Waals surface area contributed by atoms with Crippen LogP contribution in [0, 0.1) is 13.8 Å². The quantitative estimate of drug-likeness (QED) is 0.785. The maximum Gasteiger partial charge on any atom is 0.0271 e. The molecule has 12 heavy (non-hydrogen) atoms. The first-order chi connectivity index (χ1) is 5.54. The van der Waals surface area contributed by atoms with Gasteiger partial charge in [-0.1, -0.05) is 22.0 Å². The molecule has 1 nitrogen and oxygen atoms in total. The first-order valence-corrected chi connectivity index (χ1v) is 4.84. The van der Waals surface area contributed by atoms with Gasteiger partial charge in [0.05, 0.1) is 0 Å². The molecule has 66 valence electrons. The molecule has 0 radical (unpaired) electrons. The van der Waals surface area contributed by atoms with Gasteiger partial charge in [0.2, 0.25) is 0 Å². The van der Waals surface area contributed by atoms with Gasteiger partial charge in [0.15, 0.2) is 0 Å². The van der Waals surface area contributed by atoms with Crippen LogP contribution >= 0.6 is 15.9 Å². The SMILES string of the molecule is Cc1ccc(Br)c(C)c1C(C)N. The summed E-state index contributed by atoms with van der Waals surface area (Å²) in [6.07, 6.45) is 0. The number of aryl methyl sites for hydroxylation is 1. The van der Waals surface area contributed by atoms with E-state index >= 15 is 0 Å². The van der Waals surface area contributed by atoms with Crippen molar-refractivity contribution in [2.45, 2.75) is 26.8 Å². The minimum absolute atomic E-state index is 0.113. The number of benzene rings is 1. The molecule has 0 fully saturated rings. The van der Waals surface area contributed by atoms with Gasteiger partial charge in [-0.05, 0) is 43.5 Å². The topological polar surface area (TPSA) is 26.0 Å². The number of nitrogens with two attached hydrogens (primary N) is 1. The largest absolute Gasteiger partial charge is 0.324 e. The summed E-state index contributed by atoms with van der Waals surface area (Å²) >= 11 is 3.49. The lowest BCUT2D eigenvalue weighted by molar-refractivity contribution is 0.800. The molecule has 0 aromatic heterocycles. The summed E-state index contributed by atoms with van der Waals surface area (Å²) in [4.78, 5) is 0. The van der Waals surface area contributed by atoms with Crippen molar-refractivity contribution in [3.05, 3.63) is 33.3 Å². The molecule has 2 heteroatoms. The smallest absolute Gasteiger partial charge is 0.0271 e. The van der Waals surface area contributed by atoms with E-state index in [2.05, 4.69) is 41.9 Å². The molecule has 1 unspecified atom stereocenters. The predicted octanol–water partition coefficient (Wildman–Crippen LogP) is 3.09. The second-order valence-electron chi connectivity index (χ2n) is 3.19. The lowest BCUT2D eigenvalue weighted by Gasteiger charge is -2.14. The van der Waals surface area contributed by atoms with Crippen LogP contribution in [0.15, 0.2) is 16.6 Å². The molecule has 0 amide bonds. The van der Waals surface area contributed by atoms with Crippen molar-refractivity contribution < 1.29 is 0 Å². The van der Waals surface area contributed by atoms with Crippen molar-refractivity contribution in [3.63, 3.8) is 0 Å². The van der Waals surface area contributed by atoms with E-state index in [-0.39, 0.29) is 6.04 Å². The average Bonchev–Trinajstić information content (AvgIpc) is 1.97. The molecule has 1 atom stereocenters. The van der Waals surface area contributed by atoms with Gasteiger partial charge in [0.1, 0.15) is 0 Å². The van der Waals surface area contributed by atoms with Crippen LogP contribution in [-0.2, 0) is 0 Å². The molecule has 1 rings (SSSR count). The Morgan fingerprint density at radius 2 is 1.92 bits per heavy atom. The van der Waals surface area contributed by atoms with E-state index in [1.165, 1.54) is 16.7 Å². The summed E-state index contributed by atoms with van der Waals surface area (Å²) < 4.78 is 1.14. The first-order valence-electron chi connectivity index (χ1n) is 4.05. The molecule has 0 aliphatic heterocycles. The Bertz CT molecular complexity index is 292. The predicted molar refractivity (Wildman–Crippen MR) is 56.2 cm³/mol. The van der Waals surface area contributed by atoms with Gasteiger partial charge < -0.3 is 5.73 Å². The third kappa shape index (κ3) is 1.70. The van der Waals surface area contributed by atoms with Crippen LogP contribution < -0.4 is 5.73 Å². The van der Waals surface area contributed by atoms with Gasteiger partial charge in [-0.15, -0.1) is 0 Å². The minimum Gasteiger partial charge on any atom is -0.324 e. The fourth-order valence-corrected chi connectivity index (χ4v) is 1.88. The Labute approximate surface area is 82.1 Å². The number of hydrogen-bond acceptors (Lipinski definition) is 1. The van der Waals surface area contributed by atoms with Crippen LogP contribution in [0.2, 0.25) is 0 Å². The molecule has 1 aromatic carbocycles. The molecule has 0 aliphatic rings. The maximum absolute atomic E-state index is 5.86. The standard InChI is InChI=1S/C10H14BrN/c1-6-4-5-9(11)7(2)10(6)8(3)12/h4-5,8H,12H2,1-3H3. The van der Waals surface area contributed by atoms with E-state index in [4.69, 9.17) is 5.73 Å². The molecule has 0 heterocycles. The number of rotatable bonds is 1. The normalized spacial score (nSPS) is 13.1. The summed E-state index contributed by atoms with van der Waals surface area (Å²) in [5.41, 5.74) is 9.64. The van der Waals surface area contributed by atoms with Crippen molar-refractivity contribution in [1.82, 2.24) is 0 Å². The highest BCUT2D eigenvalue weighted by atomic mass is 79.9. The van der Waals surface area contributed by atoms with E-state index in [0.717, 1.165) is 4.47 Å². The van der Waals surface area contributed by atoms with Crippen LogP contribution in [0.4, 0.5) is 0 Å². The third-order valence-electron chi connectivity index (χ3n) is 2.12. The molecule has 0 bridgehead atoms. The van der Waals surface area contributed by atoms with Crippen LogP contribution in [-0.4, -0.2) is 0 Å². The zero-order valence-corrected chi connectivity index (χ0v) is 9.27. The van der Waals surface area contributed by atoms with E-state index in [1.807, 2.05) is 6.92 Å². The van der Waals surface area contributed by atoms with Gasteiger partial charge in [-0.25, -0.2) is 0 Å². The van der Waals surface area contributed by atoms with E-state index in [1.54, 1.807) is 0 Å². The first kappa shape index (κ1) is 9.75. The summed E-state index contributed by atoms with van der Waals surface area (Å²) in [5, 5.41) is 0. The molecular formula is C10H14BrN. The molecule has 0 saturated heterocycles. The molecular weight excluding hydrogens is 214 g/mol. The monoisotopic (exact) mass is 227 g/mol. The third-order valence-corrected chi connectivity index (χ3v) is 2.98. The van der Waals surface area contributed by atoms with E-state index < -0.39 is 0 Å². The summed E-state index contributed by atoms with van der Waals surface area (Å²) in [6, 6.07) is 4.27. The highest BCUT2D eigenvalue weighted by molar-refractivity contribution is 9.10. The van der Waals surface area contributed by atoms with Gasteiger partial charge in [-0.3, -0.25) is 0 Å². The summed E-state index contributed by atoms with van der Waals surface area (Å²) in [7, 11) is 0. The summed E-state index contributed by atoms with van der Waals surface area (Å²) in [5.74, 6) is 0. The van der Waals surface area contributed by atoms with Crippen LogP contribution in [0.25, 0.3) is 0 Å². The Hall–Kier alpha value is -0.340. The van der Waals surface area contributed by atoms with Crippen molar-refractivity contribution in [3.8, 4) is 0 Å². The Morgan fingerprint density at radius 1 is 1.33 bits per heavy atom. The zero-order chi connectivity index (χ0) is 9.30. The molecule has 0 saturated carbocycles. The minimum atomic E-state index is 0.113. The molecule has 2 N–H and O–H groups in total. The highest BCUT2D eigenvalue weighted by Gasteiger charge is 2.08. The van der Waals surface area contributed by atoms with Gasteiger partial charge in [-0.2, -0.15) is 0 Å². The fourth-order valence-electron chi connectivity index (χ4n) is 1.54. The highest BCUT2D eigenvalue weighted by Crippen LogP contribution is 2.26. The Morgan fingerprint density at radius 3 is 2.33 bits per heavy atom. The average molecular weight is 228 g/mol. The molecule has 1 aromatic rings.